The molecule has 0 aliphatic carbocycles. The summed E-state index contributed by atoms with van der Waals surface area (Å²) < 4.78 is 10.8. The Hall–Kier alpha value is -3.22. The van der Waals surface area contributed by atoms with Gasteiger partial charge in [0, 0.05) is 6.54 Å². The first-order valence-corrected chi connectivity index (χ1v) is 10.8. The van der Waals surface area contributed by atoms with Crippen molar-refractivity contribution in [3.05, 3.63) is 53.9 Å². The molecule has 2 heterocycles. The molecular formula is C24H30N4O3. The number of imidazole rings is 1. The van der Waals surface area contributed by atoms with Gasteiger partial charge < -0.3 is 24.7 Å². The largest absolute Gasteiger partial charge is 0.493 e. The summed E-state index contributed by atoms with van der Waals surface area (Å²) in [5.74, 6) is 2.38. The van der Waals surface area contributed by atoms with Crippen LogP contribution in [0.1, 0.15) is 50.2 Å². The Labute approximate surface area is 182 Å². The van der Waals surface area contributed by atoms with Crippen molar-refractivity contribution in [1.29, 1.82) is 0 Å². The maximum absolute atomic E-state index is 13.3. The number of carbonyl (C=O) groups is 1. The van der Waals surface area contributed by atoms with Crippen LogP contribution in [0.2, 0.25) is 0 Å². The van der Waals surface area contributed by atoms with Gasteiger partial charge in [0.25, 0.3) is 0 Å². The molecule has 7 nitrogen and oxygen atoms in total. The van der Waals surface area contributed by atoms with E-state index in [1.54, 1.807) is 14.2 Å². The molecule has 0 spiro atoms. The van der Waals surface area contributed by atoms with Crippen LogP contribution in [-0.2, 0) is 0 Å². The third-order valence-corrected chi connectivity index (χ3v) is 5.95. The number of hydrogen-bond donors (Lipinski definition) is 2. The highest BCUT2D eigenvalue weighted by Crippen LogP contribution is 2.34. The molecule has 1 aromatic heterocycles. The van der Waals surface area contributed by atoms with Crippen LogP contribution in [0.3, 0.4) is 0 Å². The van der Waals surface area contributed by atoms with Crippen LogP contribution in [0.15, 0.2) is 42.5 Å². The number of ether oxygens (including phenoxy) is 2. The Morgan fingerprint density at radius 1 is 1.16 bits per heavy atom. The number of H-pyrrole nitrogens is 1. The number of rotatable bonds is 6. The van der Waals surface area contributed by atoms with E-state index in [-0.39, 0.29) is 24.0 Å². The van der Waals surface area contributed by atoms with Crippen LogP contribution < -0.4 is 14.8 Å². The van der Waals surface area contributed by atoms with Crippen LogP contribution >= 0.6 is 0 Å². The zero-order valence-electron chi connectivity index (χ0n) is 18.5. The van der Waals surface area contributed by atoms with Crippen molar-refractivity contribution < 1.29 is 14.3 Å². The van der Waals surface area contributed by atoms with E-state index in [1.165, 1.54) is 0 Å². The Kier molecular flexibility index (Phi) is 6.02. The predicted molar refractivity (Wildman–Crippen MR) is 120 cm³/mol. The first kappa shape index (κ1) is 21.0. The molecule has 2 amide bonds. The molecule has 31 heavy (non-hydrogen) atoms. The number of likely N-dealkylation sites (tertiary alicyclic amines) is 1. The lowest BCUT2D eigenvalue weighted by molar-refractivity contribution is 0.183. The fourth-order valence-corrected chi connectivity index (χ4v) is 4.32. The number of carbonyl (C=O) groups excluding carboxylic acids is 1. The van der Waals surface area contributed by atoms with Crippen molar-refractivity contribution in [3.63, 3.8) is 0 Å². The van der Waals surface area contributed by atoms with E-state index >= 15 is 0 Å². The molecular weight excluding hydrogens is 392 g/mol. The molecule has 4 rings (SSSR count). The first-order chi connectivity index (χ1) is 15.0. The zero-order valence-corrected chi connectivity index (χ0v) is 18.5. The molecule has 3 aromatic rings. The number of benzene rings is 2. The van der Waals surface area contributed by atoms with E-state index in [9.17, 15) is 4.79 Å². The smallest absolute Gasteiger partial charge is 0.318 e. The molecule has 1 fully saturated rings. The Morgan fingerprint density at radius 3 is 2.65 bits per heavy atom. The van der Waals surface area contributed by atoms with Gasteiger partial charge in [-0.05, 0) is 48.6 Å². The van der Waals surface area contributed by atoms with Crippen LogP contribution in [0.25, 0.3) is 11.0 Å². The summed E-state index contributed by atoms with van der Waals surface area (Å²) in [7, 11) is 3.23. The number of aromatic nitrogens is 2. The van der Waals surface area contributed by atoms with E-state index in [2.05, 4.69) is 24.1 Å². The Morgan fingerprint density at radius 2 is 1.94 bits per heavy atom. The van der Waals surface area contributed by atoms with Gasteiger partial charge in [0.05, 0.1) is 37.3 Å². The van der Waals surface area contributed by atoms with Gasteiger partial charge in [0.2, 0.25) is 0 Å². The Bertz CT molecular complexity index is 1030. The number of amides is 2. The van der Waals surface area contributed by atoms with Crippen LogP contribution in [0.5, 0.6) is 11.5 Å². The van der Waals surface area contributed by atoms with Crippen molar-refractivity contribution in [2.24, 2.45) is 5.92 Å². The maximum Gasteiger partial charge on any atom is 0.318 e. The van der Waals surface area contributed by atoms with Gasteiger partial charge in [-0.15, -0.1) is 0 Å². The fourth-order valence-electron chi connectivity index (χ4n) is 4.32. The average Bonchev–Trinajstić information content (AvgIpc) is 3.43. The summed E-state index contributed by atoms with van der Waals surface area (Å²) >= 11 is 0. The number of methoxy groups -OCH3 is 2. The maximum atomic E-state index is 13.3. The van der Waals surface area contributed by atoms with Gasteiger partial charge in [0.1, 0.15) is 5.82 Å². The quantitative estimate of drug-likeness (QED) is 0.597. The summed E-state index contributed by atoms with van der Waals surface area (Å²) in [6, 6.07) is 13.5. The van der Waals surface area contributed by atoms with Gasteiger partial charge in [-0.2, -0.15) is 0 Å². The number of nitrogens with zero attached hydrogens (tertiary/aromatic N) is 2. The molecule has 1 aliphatic rings. The number of urea groups is 1. The van der Waals surface area contributed by atoms with Gasteiger partial charge in [-0.3, -0.25) is 0 Å². The SMILES string of the molecule is COc1ccc([C@H](NC(=O)N2CCC[C@H]2c2nc3ccccc3[nH]2)C(C)C)cc1OC. The van der Waals surface area contributed by atoms with Crippen molar-refractivity contribution >= 4 is 17.1 Å². The molecule has 7 heteroatoms. The number of nitrogens with one attached hydrogen (secondary N) is 2. The van der Waals surface area contributed by atoms with Crippen LogP contribution in [0.4, 0.5) is 4.79 Å². The molecule has 0 saturated carbocycles. The fraction of sp³-hybridized carbons (Fsp3) is 0.417. The topological polar surface area (TPSA) is 79.5 Å². The van der Waals surface area contributed by atoms with Gasteiger partial charge in [0.15, 0.2) is 11.5 Å². The minimum Gasteiger partial charge on any atom is -0.493 e. The van der Waals surface area contributed by atoms with Crippen molar-refractivity contribution in [1.82, 2.24) is 20.2 Å². The monoisotopic (exact) mass is 422 g/mol. The average molecular weight is 423 g/mol. The van der Waals surface area contributed by atoms with Crippen molar-refractivity contribution in [3.8, 4) is 11.5 Å². The summed E-state index contributed by atoms with van der Waals surface area (Å²) in [6.07, 6.45) is 1.85. The molecule has 2 atom stereocenters. The van der Waals surface area contributed by atoms with E-state index in [0.29, 0.717) is 18.0 Å². The highest BCUT2D eigenvalue weighted by Gasteiger charge is 2.33. The first-order valence-electron chi connectivity index (χ1n) is 10.8. The predicted octanol–water partition coefficient (Wildman–Crippen LogP) is 4.82. The zero-order chi connectivity index (χ0) is 22.0. The molecule has 1 saturated heterocycles. The summed E-state index contributed by atoms with van der Waals surface area (Å²) in [6.45, 7) is 4.91. The minimum atomic E-state index is -0.149. The summed E-state index contributed by atoms with van der Waals surface area (Å²) in [4.78, 5) is 23.4. The van der Waals surface area contributed by atoms with E-state index < -0.39 is 0 Å². The lowest BCUT2D eigenvalue weighted by Crippen LogP contribution is -2.42. The van der Waals surface area contributed by atoms with E-state index in [4.69, 9.17) is 14.5 Å². The lowest BCUT2D eigenvalue weighted by atomic mass is 9.95. The standard InChI is InChI=1S/C24H30N4O3/c1-15(2)22(16-11-12-20(30-3)21(14-16)31-4)27-24(29)28-13-7-10-19(28)23-25-17-8-5-6-9-18(17)26-23/h5-6,8-9,11-12,14-15,19,22H,7,10,13H2,1-4H3,(H,25,26)(H,27,29)/t19-,22+/m0/s1. The number of aromatic amines is 1. The Balaban J connectivity index is 1.55. The van der Waals surface area contributed by atoms with Gasteiger partial charge >= 0.3 is 6.03 Å². The second kappa shape index (κ2) is 8.88. The third kappa shape index (κ3) is 4.17. The molecule has 0 radical (unpaired) electrons. The molecule has 2 aromatic carbocycles. The van der Waals surface area contributed by atoms with Crippen molar-refractivity contribution in [2.45, 2.75) is 38.8 Å². The van der Waals surface area contributed by atoms with E-state index in [0.717, 1.165) is 35.3 Å². The minimum absolute atomic E-state index is 0.0504. The molecule has 2 N–H and O–H groups in total. The second-order valence-electron chi connectivity index (χ2n) is 8.28. The number of hydrogen-bond acceptors (Lipinski definition) is 4. The summed E-state index contributed by atoms with van der Waals surface area (Å²) in [5, 5.41) is 3.25. The van der Waals surface area contributed by atoms with Crippen molar-refractivity contribution in [2.75, 3.05) is 20.8 Å². The van der Waals surface area contributed by atoms with Gasteiger partial charge in [-0.25, -0.2) is 9.78 Å². The third-order valence-electron chi connectivity index (χ3n) is 5.95. The number of para-hydroxylation sites is 2. The molecule has 1 aliphatic heterocycles. The molecule has 164 valence electrons. The second-order valence-corrected chi connectivity index (χ2v) is 8.28. The normalized spacial score (nSPS) is 17.2. The van der Waals surface area contributed by atoms with Crippen LogP contribution in [0, 0.1) is 5.92 Å². The molecule has 0 bridgehead atoms. The van der Waals surface area contributed by atoms with E-state index in [1.807, 2.05) is 47.4 Å². The highest BCUT2D eigenvalue weighted by molar-refractivity contribution is 5.77. The number of fused-ring (bicyclic) bond motifs is 1. The lowest BCUT2D eigenvalue weighted by Gasteiger charge is -2.29. The summed E-state index contributed by atoms with van der Waals surface area (Å²) in [5.41, 5.74) is 2.91. The van der Waals surface area contributed by atoms with Gasteiger partial charge in [-0.1, -0.05) is 32.0 Å². The highest BCUT2D eigenvalue weighted by atomic mass is 16.5. The molecule has 0 unspecified atom stereocenters. The van der Waals surface area contributed by atoms with Crippen LogP contribution in [-0.4, -0.2) is 41.7 Å².